The molecule has 20 heavy (non-hydrogen) atoms. The third-order valence-electron chi connectivity index (χ3n) is 4.07. The molecule has 1 fully saturated rings. The van der Waals surface area contributed by atoms with Crippen molar-refractivity contribution in [2.24, 2.45) is 5.92 Å². The van der Waals surface area contributed by atoms with Crippen LogP contribution >= 0.6 is 0 Å². The van der Waals surface area contributed by atoms with Gasteiger partial charge in [-0.25, -0.2) is 13.1 Å². The number of anilines is 1. The van der Waals surface area contributed by atoms with Gasteiger partial charge in [0.05, 0.1) is 6.61 Å². The topological polar surface area (TPSA) is 81.4 Å². The van der Waals surface area contributed by atoms with Crippen LogP contribution in [0.5, 0.6) is 5.75 Å². The molecule has 0 unspecified atom stereocenters. The van der Waals surface area contributed by atoms with Gasteiger partial charge in [-0.1, -0.05) is 6.42 Å². The Morgan fingerprint density at radius 3 is 2.80 bits per heavy atom. The van der Waals surface area contributed by atoms with Crippen molar-refractivity contribution >= 4 is 15.7 Å². The van der Waals surface area contributed by atoms with Gasteiger partial charge in [-0.3, -0.25) is 0 Å². The van der Waals surface area contributed by atoms with Crippen LogP contribution in [0.15, 0.2) is 17.0 Å². The highest BCUT2D eigenvalue weighted by molar-refractivity contribution is 7.89. The lowest BCUT2D eigenvalue weighted by molar-refractivity contribution is 0.280. The number of sulfonamides is 1. The summed E-state index contributed by atoms with van der Waals surface area (Å²) in [5.41, 5.74) is 7.18. The molecule has 2 aliphatic rings. The Morgan fingerprint density at radius 1 is 1.30 bits per heavy atom. The van der Waals surface area contributed by atoms with E-state index in [-0.39, 0.29) is 4.90 Å². The second-order valence-corrected chi connectivity index (χ2v) is 7.34. The minimum atomic E-state index is -3.55. The molecule has 1 aliphatic heterocycles. The van der Waals surface area contributed by atoms with Crippen molar-refractivity contribution in [3.8, 4) is 5.75 Å². The molecule has 0 saturated heterocycles. The lowest BCUT2D eigenvalue weighted by Crippen LogP contribution is -2.32. The van der Waals surface area contributed by atoms with Gasteiger partial charge in [0, 0.05) is 12.2 Å². The van der Waals surface area contributed by atoms with Crippen molar-refractivity contribution in [2.45, 2.75) is 37.0 Å². The molecule has 110 valence electrons. The molecule has 0 amide bonds. The minimum Gasteiger partial charge on any atom is -0.492 e. The van der Waals surface area contributed by atoms with Gasteiger partial charge in [0.25, 0.3) is 0 Å². The third kappa shape index (κ3) is 2.62. The van der Waals surface area contributed by atoms with Gasteiger partial charge in [-0.15, -0.1) is 0 Å². The predicted octanol–water partition coefficient (Wildman–Crippen LogP) is 1.67. The normalized spacial score (nSPS) is 19.0. The Hall–Kier alpha value is -1.27. The molecule has 0 aromatic heterocycles. The second kappa shape index (κ2) is 5.26. The summed E-state index contributed by atoms with van der Waals surface area (Å²) in [6.07, 6.45) is 5.11. The van der Waals surface area contributed by atoms with E-state index in [4.69, 9.17) is 10.5 Å². The Morgan fingerprint density at radius 2 is 2.10 bits per heavy atom. The van der Waals surface area contributed by atoms with Crippen molar-refractivity contribution in [2.75, 3.05) is 18.9 Å². The van der Waals surface area contributed by atoms with E-state index < -0.39 is 10.0 Å². The highest BCUT2D eigenvalue weighted by Crippen LogP contribution is 2.34. The van der Waals surface area contributed by atoms with Crippen LogP contribution in [-0.4, -0.2) is 21.6 Å². The summed E-state index contributed by atoms with van der Waals surface area (Å²) in [5.74, 6) is 0.953. The van der Waals surface area contributed by atoms with E-state index in [1.807, 2.05) is 0 Å². The monoisotopic (exact) mass is 296 g/mol. The molecule has 5 nitrogen and oxygen atoms in total. The molecule has 0 radical (unpaired) electrons. The summed E-state index contributed by atoms with van der Waals surface area (Å²) in [5, 5.41) is 0. The zero-order chi connectivity index (χ0) is 14.2. The summed E-state index contributed by atoms with van der Waals surface area (Å²) >= 11 is 0. The Bertz CT molecular complexity index is 609. The van der Waals surface area contributed by atoms with Gasteiger partial charge in [-0.2, -0.15) is 0 Å². The largest absolute Gasteiger partial charge is 0.492 e. The number of benzene rings is 1. The van der Waals surface area contributed by atoms with Crippen molar-refractivity contribution in [1.29, 1.82) is 0 Å². The quantitative estimate of drug-likeness (QED) is 0.828. The number of aryl methyl sites for hydroxylation is 1. The summed E-state index contributed by atoms with van der Waals surface area (Å²) in [6.45, 7) is 1.06. The molecule has 0 bridgehead atoms. The third-order valence-corrected chi connectivity index (χ3v) is 5.50. The molecule has 1 aromatic rings. The molecule has 3 rings (SSSR count). The van der Waals surface area contributed by atoms with E-state index >= 15 is 0 Å². The fourth-order valence-corrected chi connectivity index (χ4v) is 4.01. The van der Waals surface area contributed by atoms with Crippen LogP contribution in [0.3, 0.4) is 0 Å². The Balaban J connectivity index is 1.89. The zero-order valence-corrected chi connectivity index (χ0v) is 12.2. The van der Waals surface area contributed by atoms with Gasteiger partial charge in [0.1, 0.15) is 10.6 Å². The van der Waals surface area contributed by atoms with E-state index in [1.165, 1.54) is 12.5 Å². The summed E-state index contributed by atoms with van der Waals surface area (Å²) < 4.78 is 33.2. The van der Waals surface area contributed by atoms with Gasteiger partial charge >= 0.3 is 0 Å². The van der Waals surface area contributed by atoms with Crippen molar-refractivity contribution in [3.63, 3.8) is 0 Å². The second-order valence-electron chi connectivity index (χ2n) is 5.61. The fraction of sp³-hybridized carbons (Fsp3) is 0.571. The van der Waals surface area contributed by atoms with E-state index in [9.17, 15) is 8.42 Å². The lowest BCUT2D eigenvalue weighted by atomic mass is 9.86. The molecule has 0 spiro atoms. The van der Waals surface area contributed by atoms with Gasteiger partial charge in [-0.05, 0) is 49.3 Å². The average Bonchev–Trinajstić information content (AvgIpc) is 2.35. The fourth-order valence-electron chi connectivity index (χ4n) is 2.67. The van der Waals surface area contributed by atoms with Crippen LogP contribution in [0.4, 0.5) is 5.69 Å². The summed E-state index contributed by atoms with van der Waals surface area (Å²) in [7, 11) is -3.55. The zero-order valence-electron chi connectivity index (χ0n) is 11.4. The van der Waals surface area contributed by atoms with Gasteiger partial charge in [0.15, 0.2) is 0 Å². The van der Waals surface area contributed by atoms with E-state index in [2.05, 4.69) is 4.72 Å². The SMILES string of the molecule is Nc1cc2c(c(S(=O)(=O)NCC3CCC3)c1)OCCC2. The van der Waals surface area contributed by atoms with Crippen LogP contribution in [0.25, 0.3) is 0 Å². The number of hydrogen-bond acceptors (Lipinski definition) is 4. The molecule has 1 saturated carbocycles. The van der Waals surface area contributed by atoms with Crippen LogP contribution in [0.2, 0.25) is 0 Å². The maximum atomic E-state index is 12.5. The predicted molar refractivity (Wildman–Crippen MR) is 77.2 cm³/mol. The van der Waals surface area contributed by atoms with E-state index in [0.29, 0.717) is 30.5 Å². The van der Waals surface area contributed by atoms with Crippen LogP contribution in [0.1, 0.15) is 31.2 Å². The number of nitrogen functional groups attached to an aromatic ring is 1. The van der Waals surface area contributed by atoms with Crippen molar-refractivity contribution in [1.82, 2.24) is 4.72 Å². The molecular weight excluding hydrogens is 276 g/mol. The molecule has 6 heteroatoms. The molecule has 1 aromatic carbocycles. The first-order chi connectivity index (χ1) is 9.56. The molecule has 3 N–H and O–H groups in total. The highest BCUT2D eigenvalue weighted by atomic mass is 32.2. The first kappa shape index (κ1) is 13.7. The minimum absolute atomic E-state index is 0.187. The summed E-state index contributed by atoms with van der Waals surface area (Å²) in [4.78, 5) is 0.187. The smallest absolute Gasteiger partial charge is 0.244 e. The maximum absolute atomic E-state index is 12.5. The molecular formula is C14H20N2O3S. The molecule has 1 heterocycles. The Kier molecular flexibility index (Phi) is 3.60. The number of hydrogen-bond donors (Lipinski definition) is 2. The van der Waals surface area contributed by atoms with Gasteiger partial charge < -0.3 is 10.5 Å². The van der Waals surface area contributed by atoms with Crippen LogP contribution < -0.4 is 15.2 Å². The number of rotatable bonds is 4. The average molecular weight is 296 g/mol. The van der Waals surface area contributed by atoms with Gasteiger partial charge in [0.2, 0.25) is 10.0 Å². The summed E-state index contributed by atoms with van der Waals surface area (Å²) in [6, 6.07) is 3.30. The Labute approximate surface area is 119 Å². The van der Waals surface area contributed by atoms with Crippen LogP contribution in [0, 0.1) is 5.92 Å². The first-order valence-corrected chi connectivity index (χ1v) is 8.59. The number of ether oxygens (including phenoxy) is 1. The first-order valence-electron chi connectivity index (χ1n) is 7.11. The molecule has 1 aliphatic carbocycles. The van der Waals surface area contributed by atoms with Crippen molar-refractivity contribution < 1.29 is 13.2 Å². The highest BCUT2D eigenvalue weighted by Gasteiger charge is 2.27. The van der Waals surface area contributed by atoms with E-state index in [1.54, 1.807) is 6.07 Å². The number of nitrogens with two attached hydrogens (primary N) is 1. The number of fused-ring (bicyclic) bond motifs is 1. The van der Waals surface area contributed by atoms with Crippen LogP contribution in [-0.2, 0) is 16.4 Å². The molecule has 0 atom stereocenters. The standard InChI is InChI=1S/C14H20N2O3S/c15-12-7-11-5-2-6-19-14(11)13(8-12)20(17,18)16-9-10-3-1-4-10/h7-8,10,16H,1-6,9,15H2. The lowest BCUT2D eigenvalue weighted by Gasteiger charge is -2.26. The van der Waals surface area contributed by atoms with E-state index in [0.717, 1.165) is 31.2 Å². The van der Waals surface area contributed by atoms with Crippen molar-refractivity contribution in [3.05, 3.63) is 17.7 Å². The maximum Gasteiger partial charge on any atom is 0.244 e. The number of nitrogens with one attached hydrogen (secondary N) is 1.